The second kappa shape index (κ2) is 10.1. The molecule has 35 heavy (non-hydrogen) atoms. The summed E-state index contributed by atoms with van der Waals surface area (Å²) in [5.74, 6) is -0.766. The molecule has 11 nitrogen and oxygen atoms in total. The number of carboxylic acids is 1. The molecule has 0 saturated carbocycles. The van der Waals surface area contributed by atoms with Crippen LogP contribution in [-0.2, 0) is 22.6 Å². The number of hydrogen-bond acceptors (Lipinski definition) is 7. The lowest BCUT2D eigenvalue weighted by Crippen LogP contribution is -2.48. The highest BCUT2D eigenvalue weighted by molar-refractivity contribution is 6.42. The van der Waals surface area contributed by atoms with E-state index in [2.05, 4.69) is 20.4 Å². The molecule has 1 aromatic carbocycles. The summed E-state index contributed by atoms with van der Waals surface area (Å²) in [6, 6.07) is 5.19. The van der Waals surface area contributed by atoms with Crippen LogP contribution in [0.2, 0.25) is 10.0 Å². The number of amides is 1. The first kappa shape index (κ1) is 24.8. The van der Waals surface area contributed by atoms with E-state index in [1.807, 2.05) is 0 Å². The number of ether oxygens (including phenoxy) is 1. The summed E-state index contributed by atoms with van der Waals surface area (Å²) < 4.78 is 6.38. The van der Waals surface area contributed by atoms with Crippen molar-refractivity contribution in [3.8, 4) is 0 Å². The molecule has 0 spiro atoms. The van der Waals surface area contributed by atoms with Crippen LogP contribution in [0.5, 0.6) is 0 Å². The summed E-state index contributed by atoms with van der Waals surface area (Å²) in [4.78, 5) is 45.7. The zero-order chi connectivity index (χ0) is 25.2. The zero-order valence-electron chi connectivity index (χ0n) is 18.9. The Labute approximate surface area is 210 Å². The van der Waals surface area contributed by atoms with Crippen molar-refractivity contribution >= 4 is 52.2 Å². The Kier molecular flexibility index (Phi) is 7.18. The SMILES string of the molecule is CCOC(=O)N1CCC(Cn2ncc3nc(NCc4ccc(Cl)c(Cl)c4)[nH]c(=O)c32)(C(=O)O)CC1. The molecular weight excluding hydrogens is 499 g/mol. The van der Waals surface area contributed by atoms with Crippen LogP contribution < -0.4 is 10.9 Å². The predicted octanol–water partition coefficient (Wildman–Crippen LogP) is 3.36. The topological polar surface area (TPSA) is 142 Å². The van der Waals surface area contributed by atoms with E-state index < -0.39 is 23.0 Å². The number of likely N-dealkylation sites (tertiary alicyclic amines) is 1. The average molecular weight is 523 g/mol. The molecule has 1 fully saturated rings. The van der Waals surface area contributed by atoms with Crippen LogP contribution in [0.3, 0.4) is 0 Å². The fourth-order valence-electron chi connectivity index (χ4n) is 4.10. The second-order valence-electron chi connectivity index (χ2n) is 8.32. The van der Waals surface area contributed by atoms with Crippen molar-refractivity contribution in [1.82, 2.24) is 24.6 Å². The van der Waals surface area contributed by atoms with Gasteiger partial charge in [-0.15, -0.1) is 0 Å². The second-order valence-corrected chi connectivity index (χ2v) is 9.14. The Morgan fingerprint density at radius 3 is 2.66 bits per heavy atom. The standard InChI is InChI=1S/C22H24Cl2N6O5/c1-2-35-21(34)29-7-5-22(6-8-29,19(32)33)12-30-17-16(11-26-30)27-20(28-18(17)31)25-10-13-3-4-14(23)15(24)9-13/h3-4,9,11H,2,5-8,10,12H2,1H3,(H,32,33)(H2,25,27,28,31). The van der Waals surface area contributed by atoms with Gasteiger partial charge in [0.25, 0.3) is 5.56 Å². The van der Waals surface area contributed by atoms with Gasteiger partial charge in [-0.25, -0.2) is 9.78 Å². The number of carbonyl (C=O) groups is 2. The molecule has 3 N–H and O–H groups in total. The van der Waals surface area contributed by atoms with Gasteiger partial charge in [0.15, 0.2) is 5.52 Å². The molecule has 3 heterocycles. The molecule has 186 valence electrons. The molecule has 4 rings (SSSR count). The van der Waals surface area contributed by atoms with Gasteiger partial charge in [-0.1, -0.05) is 29.3 Å². The van der Waals surface area contributed by atoms with E-state index >= 15 is 0 Å². The summed E-state index contributed by atoms with van der Waals surface area (Å²) in [5.41, 5.74) is -0.281. The maximum absolute atomic E-state index is 12.9. The number of hydrogen-bond donors (Lipinski definition) is 3. The molecule has 0 aliphatic carbocycles. The van der Waals surface area contributed by atoms with Gasteiger partial charge in [0.2, 0.25) is 5.95 Å². The highest BCUT2D eigenvalue weighted by atomic mass is 35.5. The molecule has 2 aromatic heterocycles. The number of fused-ring (bicyclic) bond motifs is 1. The third-order valence-electron chi connectivity index (χ3n) is 6.10. The van der Waals surface area contributed by atoms with E-state index in [0.717, 1.165) is 5.56 Å². The van der Waals surface area contributed by atoms with Gasteiger partial charge in [0, 0.05) is 19.6 Å². The number of H-pyrrole nitrogens is 1. The molecular formula is C22H24Cl2N6O5. The first-order chi connectivity index (χ1) is 16.7. The van der Waals surface area contributed by atoms with E-state index in [0.29, 0.717) is 22.1 Å². The number of carbonyl (C=O) groups excluding carboxylic acids is 1. The number of anilines is 1. The van der Waals surface area contributed by atoms with Crippen molar-refractivity contribution in [2.45, 2.75) is 32.9 Å². The number of piperidine rings is 1. The lowest BCUT2D eigenvalue weighted by molar-refractivity contribution is -0.153. The van der Waals surface area contributed by atoms with Crippen molar-refractivity contribution < 1.29 is 19.4 Å². The van der Waals surface area contributed by atoms with E-state index in [1.165, 1.54) is 15.8 Å². The van der Waals surface area contributed by atoms with Crippen molar-refractivity contribution in [3.05, 3.63) is 50.4 Å². The fourth-order valence-corrected chi connectivity index (χ4v) is 4.42. The van der Waals surface area contributed by atoms with Crippen LogP contribution in [-0.4, -0.2) is 61.5 Å². The van der Waals surface area contributed by atoms with Crippen LogP contribution in [0.1, 0.15) is 25.3 Å². The lowest BCUT2D eigenvalue weighted by Gasteiger charge is -2.38. The van der Waals surface area contributed by atoms with Crippen molar-refractivity contribution in [1.29, 1.82) is 0 Å². The summed E-state index contributed by atoms with van der Waals surface area (Å²) in [7, 11) is 0. The van der Waals surface area contributed by atoms with Crippen LogP contribution in [0.25, 0.3) is 11.0 Å². The molecule has 1 aliphatic heterocycles. The van der Waals surface area contributed by atoms with Gasteiger partial charge >= 0.3 is 12.1 Å². The first-order valence-electron chi connectivity index (χ1n) is 11.0. The third kappa shape index (κ3) is 5.20. The smallest absolute Gasteiger partial charge is 0.409 e. The molecule has 0 bridgehead atoms. The molecule has 0 radical (unpaired) electrons. The number of rotatable bonds is 7. The zero-order valence-corrected chi connectivity index (χ0v) is 20.4. The van der Waals surface area contributed by atoms with Crippen molar-refractivity contribution in [2.24, 2.45) is 5.41 Å². The van der Waals surface area contributed by atoms with E-state index in [4.69, 9.17) is 27.9 Å². The Morgan fingerprint density at radius 2 is 2.00 bits per heavy atom. The number of halogens is 2. The molecule has 1 amide bonds. The molecule has 3 aromatic rings. The summed E-state index contributed by atoms with van der Waals surface area (Å²) >= 11 is 12.0. The molecule has 0 atom stereocenters. The summed E-state index contributed by atoms with van der Waals surface area (Å²) in [5, 5.41) is 18.2. The Balaban J connectivity index is 1.51. The minimum Gasteiger partial charge on any atom is -0.481 e. The minimum atomic E-state index is -1.18. The van der Waals surface area contributed by atoms with Gasteiger partial charge in [0.1, 0.15) is 5.52 Å². The van der Waals surface area contributed by atoms with E-state index in [9.17, 15) is 19.5 Å². The largest absolute Gasteiger partial charge is 0.481 e. The Morgan fingerprint density at radius 1 is 1.26 bits per heavy atom. The number of benzene rings is 1. The molecule has 13 heteroatoms. The van der Waals surface area contributed by atoms with Crippen molar-refractivity contribution in [3.63, 3.8) is 0 Å². The number of aromatic amines is 1. The van der Waals surface area contributed by atoms with Crippen LogP contribution in [0, 0.1) is 5.41 Å². The van der Waals surface area contributed by atoms with Gasteiger partial charge in [-0.05, 0) is 37.5 Å². The number of carboxylic acid groups (broad SMARTS) is 1. The van der Waals surface area contributed by atoms with Gasteiger partial charge in [-0.2, -0.15) is 5.10 Å². The van der Waals surface area contributed by atoms with Crippen LogP contribution in [0.4, 0.5) is 10.7 Å². The van der Waals surface area contributed by atoms with Gasteiger partial charge in [0.05, 0.1) is 34.8 Å². The Hall–Kier alpha value is -3.31. The number of nitrogens with zero attached hydrogens (tertiary/aromatic N) is 4. The third-order valence-corrected chi connectivity index (χ3v) is 6.84. The number of nitrogens with one attached hydrogen (secondary N) is 2. The molecule has 0 unspecified atom stereocenters. The number of aromatic nitrogens is 4. The molecule has 1 saturated heterocycles. The summed E-state index contributed by atoms with van der Waals surface area (Å²) in [6.45, 7) is 2.76. The predicted molar refractivity (Wildman–Crippen MR) is 130 cm³/mol. The Bertz CT molecular complexity index is 1320. The normalized spacial score (nSPS) is 15.2. The first-order valence-corrected chi connectivity index (χ1v) is 11.8. The van der Waals surface area contributed by atoms with E-state index in [1.54, 1.807) is 25.1 Å². The fraction of sp³-hybridized carbons (Fsp3) is 0.409. The number of aliphatic carboxylic acids is 1. The van der Waals surface area contributed by atoms with Crippen LogP contribution >= 0.6 is 23.2 Å². The summed E-state index contributed by atoms with van der Waals surface area (Å²) in [6.07, 6.45) is 1.38. The highest BCUT2D eigenvalue weighted by Gasteiger charge is 2.43. The quantitative estimate of drug-likeness (QED) is 0.428. The van der Waals surface area contributed by atoms with E-state index in [-0.39, 0.29) is 50.5 Å². The van der Waals surface area contributed by atoms with Crippen LogP contribution in [0.15, 0.2) is 29.2 Å². The monoisotopic (exact) mass is 522 g/mol. The minimum absolute atomic E-state index is 0.0245. The lowest BCUT2D eigenvalue weighted by atomic mass is 9.78. The maximum atomic E-state index is 12.9. The van der Waals surface area contributed by atoms with Gasteiger partial charge in [-0.3, -0.25) is 19.3 Å². The highest BCUT2D eigenvalue weighted by Crippen LogP contribution is 2.34. The average Bonchev–Trinajstić information content (AvgIpc) is 3.23. The maximum Gasteiger partial charge on any atom is 0.409 e. The van der Waals surface area contributed by atoms with Gasteiger partial charge < -0.3 is 20.1 Å². The molecule has 1 aliphatic rings. The van der Waals surface area contributed by atoms with Crippen molar-refractivity contribution in [2.75, 3.05) is 25.0 Å².